The summed E-state index contributed by atoms with van der Waals surface area (Å²) in [6.07, 6.45) is 5.73. The maximum Gasteiger partial charge on any atom is 0.235 e. The highest BCUT2D eigenvalue weighted by Crippen LogP contribution is 2.28. The molecule has 144 valence electrons. The average Bonchev–Trinajstić information content (AvgIpc) is 3.40. The molecule has 1 fully saturated rings. The standard InChI is InChI=1S/C21H23N5OS/c1-16(20(27)25-12-5-6-13-25)28-21-24-23-19(18-10-7-11-22-14-18)26(21)15-17-8-3-2-4-9-17/h2-4,7-11,14,16H,5-6,12-13,15H2,1H3/t16-/m0/s1. The van der Waals surface area contributed by atoms with Crippen molar-refractivity contribution in [3.05, 3.63) is 60.4 Å². The van der Waals surface area contributed by atoms with E-state index in [0.29, 0.717) is 6.54 Å². The van der Waals surface area contributed by atoms with Crippen molar-refractivity contribution < 1.29 is 4.79 Å². The molecule has 1 saturated heterocycles. The Morgan fingerprint density at radius 2 is 1.89 bits per heavy atom. The number of benzene rings is 1. The van der Waals surface area contributed by atoms with E-state index in [9.17, 15) is 4.79 Å². The number of nitrogens with zero attached hydrogens (tertiary/aromatic N) is 5. The maximum atomic E-state index is 12.7. The molecule has 0 unspecified atom stereocenters. The lowest BCUT2D eigenvalue weighted by Crippen LogP contribution is -2.34. The van der Waals surface area contributed by atoms with Gasteiger partial charge in [-0.3, -0.25) is 14.3 Å². The van der Waals surface area contributed by atoms with Crippen LogP contribution in [0.2, 0.25) is 0 Å². The Morgan fingerprint density at radius 1 is 1.11 bits per heavy atom. The van der Waals surface area contributed by atoms with E-state index in [1.807, 2.05) is 42.2 Å². The lowest BCUT2D eigenvalue weighted by Gasteiger charge is -2.20. The third kappa shape index (κ3) is 4.09. The second-order valence-corrected chi connectivity index (χ2v) is 8.22. The lowest BCUT2D eigenvalue weighted by atomic mass is 10.2. The third-order valence-corrected chi connectivity index (χ3v) is 5.94. The van der Waals surface area contributed by atoms with Gasteiger partial charge in [-0.25, -0.2) is 0 Å². The van der Waals surface area contributed by atoms with Gasteiger partial charge in [0.15, 0.2) is 11.0 Å². The van der Waals surface area contributed by atoms with Crippen molar-refractivity contribution in [3.8, 4) is 11.4 Å². The molecule has 1 aromatic carbocycles. The van der Waals surface area contributed by atoms with Crippen LogP contribution in [0.4, 0.5) is 0 Å². The summed E-state index contributed by atoms with van der Waals surface area (Å²) in [6.45, 7) is 4.32. The van der Waals surface area contributed by atoms with Crippen molar-refractivity contribution in [2.24, 2.45) is 0 Å². The molecule has 0 radical (unpaired) electrons. The molecule has 4 rings (SSSR count). The zero-order valence-corrected chi connectivity index (χ0v) is 16.7. The Kier molecular flexibility index (Phi) is 5.71. The average molecular weight is 394 g/mol. The first-order valence-electron chi connectivity index (χ1n) is 9.55. The predicted molar refractivity (Wildman–Crippen MR) is 110 cm³/mol. The molecule has 0 saturated carbocycles. The number of pyridine rings is 1. The molecule has 1 aliphatic rings. The highest BCUT2D eigenvalue weighted by molar-refractivity contribution is 8.00. The van der Waals surface area contributed by atoms with Crippen LogP contribution in [0.5, 0.6) is 0 Å². The van der Waals surface area contributed by atoms with Crippen LogP contribution in [0.15, 0.2) is 60.0 Å². The van der Waals surface area contributed by atoms with E-state index >= 15 is 0 Å². The summed E-state index contributed by atoms with van der Waals surface area (Å²) < 4.78 is 2.07. The molecule has 7 heteroatoms. The summed E-state index contributed by atoms with van der Waals surface area (Å²) >= 11 is 1.48. The Morgan fingerprint density at radius 3 is 2.61 bits per heavy atom. The number of carbonyl (C=O) groups excluding carboxylic acids is 1. The van der Waals surface area contributed by atoms with Crippen molar-refractivity contribution in [1.82, 2.24) is 24.6 Å². The molecule has 3 aromatic rings. The van der Waals surface area contributed by atoms with Crippen LogP contribution < -0.4 is 0 Å². The minimum atomic E-state index is -0.196. The summed E-state index contributed by atoms with van der Waals surface area (Å²) in [5.41, 5.74) is 2.07. The summed E-state index contributed by atoms with van der Waals surface area (Å²) in [6, 6.07) is 14.1. The number of hydrogen-bond donors (Lipinski definition) is 0. The SMILES string of the molecule is C[C@H](Sc1nnc(-c2cccnc2)n1Cc1ccccc1)C(=O)N1CCCC1. The van der Waals surface area contributed by atoms with Crippen LogP contribution in [0.25, 0.3) is 11.4 Å². The number of thioether (sulfide) groups is 1. The zero-order valence-electron chi connectivity index (χ0n) is 15.9. The number of rotatable bonds is 6. The fourth-order valence-corrected chi connectivity index (χ4v) is 4.33. The Balaban J connectivity index is 1.62. The number of amides is 1. The van der Waals surface area contributed by atoms with Gasteiger partial charge in [0.25, 0.3) is 0 Å². The van der Waals surface area contributed by atoms with Crippen LogP contribution in [-0.4, -0.2) is 48.9 Å². The van der Waals surface area contributed by atoms with Crippen LogP contribution in [0.3, 0.4) is 0 Å². The van der Waals surface area contributed by atoms with Gasteiger partial charge in [-0.2, -0.15) is 0 Å². The third-order valence-electron chi connectivity index (χ3n) is 4.87. The van der Waals surface area contributed by atoms with E-state index in [2.05, 4.69) is 31.9 Å². The maximum absolute atomic E-state index is 12.7. The summed E-state index contributed by atoms with van der Waals surface area (Å²) in [7, 11) is 0. The summed E-state index contributed by atoms with van der Waals surface area (Å²) in [5, 5.41) is 9.39. The molecule has 6 nitrogen and oxygen atoms in total. The predicted octanol–water partition coefficient (Wildman–Crippen LogP) is 3.49. The molecule has 0 N–H and O–H groups in total. The monoisotopic (exact) mass is 393 g/mol. The van der Waals surface area contributed by atoms with Crippen molar-refractivity contribution in [2.45, 2.75) is 36.7 Å². The molecule has 0 aliphatic carbocycles. The van der Waals surface area contributed by atoms with Crippen LogP contribution in [0.1, 0.15) is 25.3 Å². The van der Waals surface area contributed by atoms with Gasteiger partial charge in [0, 0.05) is 31.0 Å². The molecule has 0 spiro atoms. The lowest BCUT2D eigenvalue weighted by molar-refractivity contribution is -0.129. The van der Waals surface area contributed by atoms with E-state index in [4.69, 9.17) is 0 Å². The van der Waals surface area contributed by atoms with E-state index < -0.39 is 0 Å². The van der Waals surface area contributed by atoms with Gasteiger partial charge in [0.2, 0.25) is 5.91 Å². The summed E-state index contributed by atoms with van der Waals surface area (Å²) in [4.78, 5) is 18.9. The number of carbonyl (C=O) groups is 1. The molecular formula is C21H23N5OS. The van der Waals surface area contributed by atoms with E-state index in [0.717, 1.165) is 48.0 Å². The van der Waals surface area contributed by atoms with Gasteiger partial charge in [-0.15, -0.1) is 10.2 Å². The van der Waals surface area contributed by atoms with Crippen LogP contribution in [-0.2, 0) is 11.3 Å². The number of likely N-dealkylation sites (tertiary alicyclic amines) is 1. The van der Waals surface area contributed by atoms with E-state index in [-0.39, 0.29) is 11.2 Å². The van der Waals surface area contributed by atoms with Crippen LogP contribution >= 0.6 is 11.8 Å². The Bertz CT molecular complexity index is 922. The Labute approximate surface area is 169 Å². The molecule has 1 amide bonds. The number of aromatic nitrogens is 4. The number of hydrogen-bond acceptors (Lipinski definition) is 5. The smallest absolute Gasteiger partial charge is 0.235 e. The molecule has 1 aliphatic heterocycles. The molecule has 0 bridgehead atoms. The first-order valence-corrected chi connectivity index (χ1v) is 10.4. The van der Waals surface area contributed by atoms with Gasteiger partial charge >= 0.3 is 0 Å². The molecule has 2 aromatic heterocycles. The van der Waals surface area contributed by atoms with Gasteiger partial charge in [-0.05, 0) is 37.5 Å². The molecule has 1 atom stereocenters. The fourth-order valence-electron chi connectivity index (χ4n) is 3.40. The Hall–Kier alpha value is -2.67. The molecule has 3 heterocycles. The van der Waals surface area contributed by atoms with Gasteiger partial charge in [0.05, 0.1) is 11.8 Å². The summed E-state index contributed by atoms with van der Waals surface area (Å²) in [5.74, 6) is 0.944. The minimum Gasteiger partial charge on any atom is -0.342 e. The highest BCUT2D eigenvalue weighted by atomic mass is 32.2. The van der Waals surface area contributed by atoms with Crippen molar-refractivity contribution >= 4 is 17.7 Å². The highest BCUT2D eigenvalue weighted by Gasteiger charge is 2.26. The molecular weight excluding hydrogens is 370 g/mol. The zero-order chi connectivity index (χ0) is 19.3. The van der Waals surface area contributed by atoms with Gasteiger partial charge < -0.3 is 4.90 Å². The second kappa shape index (κ2) is 8.56. The quantitative estimate of drug-likeness (QED) is 0.600. The topological polar surface area (TPSA) is 63.9 Å². The van der Waals surface area contributed by atoms with Gasteiger partial charge in [0.1, 0.15) is 0 Å². The van der Waals surface area contributed by atoms with Crippen molar-refractivity contribution in [1.29, 1.82) is 0 Å². The van der Waals surface area contributed by atoms with Crippen molar-refractivity contribution in [3.63, 3.8) is 0 Å². The molecule has 28 heavy (non-hydrogen) atoms. The van der Waals surface area contributed by atoms with Crippen molar-refractivity contribution in [2.75, 3.05) is 13.1 Å². The first-order chi connectivity index (χ1) is 13.7. The normalized spacial score (nSPS) is 15.0. The first kappa shape index (κ1) is 18.7. The minimum absolute atomic E-state index is 0.180. The van der Waals surface area contributed by atoms with E-state index in [1.165, 1.54) is 11.8 Å². The van der Waals surface area contributed by atoms with E-state index in [1.54, 1.807) is 12.4 Å². The second-order valence-electron chi connectivity index (χ2n) is 6.91. The largest absolute Gasteiger partial charge is 0.342 e. The van der Waals surface area contributed by atoms with Gasteiger partial charge in [-0.1, -0.05) is 42.1 Å². The van der Waals surface area contributed by atoms with Crippen LogP contribution in [0, 0.1) is 0 Å². The fraction of sp³-hybridized carbons (Fsp3) is 0.333.